The van der Waals surface area contributed by atoms with Crippen molar-refractivity contribution in [3.8, 4) is 11.6 Å². The number of rotatable bonds is 3. The van der Waals surface area contributed by atoms with E-state index >= 15 is 0 Å². The van der Waals surface area contributed by atoms with Crippen LogP contribution >= 0.6 is 0 Å². The molecule has 0 amide bonds. The molecule has 0 fully saturated rings. The number of H-pyrrole nitrogens is 1. The van der Waals surface area contributed by atoms with Gasteiger partial charge >= 0.3 is 0 Å². The molecule has 96 valence electrons. The molecule has 0 radical (unpaired) electrons. The van der Waals surface area contributed by atoms with Gasteiger partial charge in [-0.15, -0.1) is 10.2 Å². The highest BCUT2D eigenvalue weighted by molar-refractivity contribution is 5.43. The van der Waals surface area contributed by atoms with Gasteiger partial charge < -0.3 is 9.73 Å². The first-order valence-corrected chi connectivity index (χ1v) is 5.57. The summed E-state index contributed by atoms with van der Waals surface area (Å²) < 4.78 is 5.44. The standard InChI is InChI=1S/C11H15N5O2/c1-11(2,3)12-6-9-15-16-10(18-9)7-4-5-8(17)14-13-7/h4-5,12H,6H2,1-3H3,(H,14,17). The second-order valence-corrected chi connectivity index (χ2v) is 4.91. The molecule has 2 aromatic heterocycles. The molecule has 0 bridgehead atoms. The smallest absolute Gasteiger partial charge is 0.268 e. The third-order valence-electron chi connectivity index (χ3n) is 2.14. The maximum Gasteiger partial charge on any atom is 0.268 e. The zero-order valence-corrected chi connectivity index (χ0v) is 10.5. The molecule has 0 aliphatic heterocycles. The van der Waals surface area contributed by atoms with Gasteiger partial charge in [-0.2, -0.15) is 5.10 Å². The van der Waals surface area contributed by atoms with Crippen molar-refractivity contribution in [2.24, 2.45) is 0 Å². The average Bonchev–Trinajstić information content (AvgIpc) is 2.75. The Morgan fingerprint density at radius 3 is 2.72 bits per heavy atom. The summed E-state index contributed by atoms with van der Waals surface area (Å²) in [6, 6.07) is 2.90. The lowest BCUT2D eigenvalue weighted by atomic mass is 10.1. The van der Waals surface area contributed by atoms with Crippen LogP contribution in [0.5, 0.6) is 0 Å². The van der Waals surface area contributed by atoms with Gasteiger partial charge in [0.05, 0.1) is 6.54 Å². The van der Waals surface area contributed by atoms with Crippen molar-refractivity contribution in [3.05, 3.63) is 28.4 Å². The first kappa shape index (κ1) is 12.4. The Morgan fingerprint density at radius 1 is 1.33 bits per heavy atom. The van der Waals surface area contributed by atoms with E-state index in [1.807, 2.05) is 20.8 Å². The van der Waals surface area contributed by atoms with E-state index in [1.54, 1.807) is 0 Å². The fraction of sp³-hybridized carbons (Fsp3) is 0.455. The van der Waals surface area contributed by atoms with Crippen LogP contribution in [0.15, 0.2) is 21.3 Å². The largest absolute Gasteiger partial charge is 0.418 e. The maximum absolute atomic E-state index is 10.9. The number of nitrogens with one attached hydrogen (secondary N) is 2. The molecule has 7 heteroatoms. The Balaban J connectivity index is 2.10. The normalized spacial score (nSPS) is 11.7. The summed E-state index contributed by atoms with van der Waals surface area (Å²) in [5.41, 5.74) is 0.155. The molecular weight excluding hydrogens is 234 g/mol. The van der Waals surface area contributed by atoms with E-state index in [4.69, 9.17) is 4.42 Å². The molecule has 0 aromatic carbocycles. The minimum atomic E-state index is -0.270. The number of hydrogen-bond donors (Lipinski definition) is 2. The average molecular weight is 249 g/mol. The van der Waals surface area contributed by atoms with Crippen LogP contribution in [0.25, 0.3) is 11.6 Å². The van der Waals surface area contributed by atoms with E-state index in [9.17, 15) is 4.79 Å². The monoisotopic (exact) mass is 249 g/mol. The fourth-order valence-corrected chi connectivity index (χ4v) is 1.23. The van der Waals surface area contributed by atoms with Gasteiger partial charge in [0.15, 0.2) is 0 Å². The number of nitrogens with zero attached hydrogens (tertiary/aromatic N) is 3. The van der Waals surface area contributed by atoms with Crippen molar-refractivity contribution >= 4 is 0 Å². The first-order valence-electron chi connectivity index (χ1n) is 5.57. The molecule has 0 atom stereocenters. The van der Waals surface area contributed by atoms with Crippen LogP contribution in [0.1, 0.15) is 26.7 Å². The van der Waals surface area contributed by atoms with Crippen molar-refractivity contribution in [3.63, 3.8) is 0 Å². The van der Waals surface area contributed by atoms with Crippen molar-refractivity contribution in [2.75, 3.05) is 0 Å². The molecular formula is C11H15N5O2. The zero-order valence-electron chi connectivity index (χ0n) is 10.5. The maximum atomic E-state index is 10.9. The van der Waals surface area contributed by atoms with Crippen LogP contribution in [0.4, 0.5) is 0 Å². The summed E-state index contributed by atoms with van der Waals surface area (Å²) in [4.78, 5) is 10.9. The van der Waals surface area contributed by atoms with Crippen LogP contribution in [-0.4, -0.2) is 25.9 Å². The summed E-state index contributed by atoms with van der Waals surface area (Å²) in [6.07, 6.45) is 0. The lowest BCUT2D eigenvalue weighted by Gasteiger charge is -2.18. The van der Waals surface area contributed by atoms with Crippen molar-refractivity contribution in [1.82, 2.24) is 25.7 Å². The topological polar surface area (TPSA) is 96.7 Å². The predicted molar refractivity (Wildman–Crippen MR) is 64.7 cm³/mol. The van der Waals surface area contributed by atoms with Gasteiger partial charge in [-0.3, -0.25) is 4.79 Å². The molecule has 2 heterocycles. The lowest BCUT2D eigenvalue weighted by molar-refractivity contribution is 0.383. The highest BCUT2D eigenvalue weighted by atomic mass is 16.4. The Hall–Kier alpha value is -2.02. The molecule has 7 nitrogen and oxygen atoms in total. The molecule has 0 unspecified atom stereocenters. The summed E-state index contributed by atoms with van der Waals surface area (Å²) in [6.45, 7) is 6.63. The van der Waals surface area contributed by atoms with E-state index < -0.39 is 0 Å². The highest BCUT2D eigenvalue weighted by Gasteiger charge is 2.13. The van der Waals surface area contributed by atoms with Crippen LogP contribution in [-0.2, 0) is 6.54 Å². The Labute approximate surface area is 104 Å². The number of hydrogen-bond acceptors (Lipinski definition) is 6. The summed E-state index contributed by atoms with van der Waals surface area (Å²) in [5, 5.41) is 17.2. The quantitative estimate of drug-likeness (QED) is 0.831. The van der Waals surface area contributed by atoms with E-state index in [0.29, 0.717) is 18.1 Å². The van der Waals surface area contributed by atoms with Gasteiger partial charge in [0.2, 0.25) is 5.89 Å². The highest BCUT2D eigenvalue weighted by Crippen LogP contribution is 2.13. The summed E-state index contributed by atoms with van der Waals surface area (Å²) >= 11 is 0. The van der Waals surface area contributed by atoms with Gasteiger partial charge in [0, 0.05) is 11.6 Å². The number of aromatic nitrogens is 4. The van der Waals surface area contributed by atoms with Gasteiger partial charge in [0.25, 0.3) is 11.4 Å². The minimum absolute atomic E-state index is 0.0229. The zero-order chi connectivity index (χ0) is 13.2. The molecule has 0 saturated heterocycles. The Morgan fingerprint density at radius 2 is 2.11 bits per heavy atom. The van der Waals surface area contributed by atoms with Gasteiger partial charge in [-0.1, -0.05) is 0 Å². The predicted octanol–water partition coefficient (Wildman–Crippen LogP) is 0.708. The van der Waals surface area contributed by atoms with E-state index in [2.05, 4.69) is 25.7 Å². The van der Waals surface area contributed by atoms with Gasteiger partial charge in [0.1, 0.15) is 5.69 Å². The first-order chi connectivity index (χ1) is 8.44. The molecule has 0 saturated carbocycles. The van der Waals surface area contributed by atoms with Crippen LogP contribution in [0, 0.1) is 0 Å². The van der Waals surface area contributed by atoms with Crippen LogP contribution in [0.2, 0.25) is 0 Å². The molecule has 0 aliphatic carbocycles. The summed E-state index contributed by atoms with van der Waals surface area (Å²) in [7, 11) is 0. The van der Waals surface area contributed by atoms with E-state index in [-0.39, 0.29) is 17.0 Å². The second-order valence-electron chi connectivity index (χ2n) is 4.91. The van der Waals surface area contributed by atoms with Gasteiger partial charge in [-0.05, 0) is 26.8 Å². The minimum Gasteiger partial charge on any atom is -0.418 e. The molecule has 2 rings (SSSR count). The van der Waals surface area contributed by atoms with Crippen LogP contribution in [0.3, 0.4) is 0 Å². The van der Waals surface area contributed by atoms with Gasteiger partial charge in [-0.25, -0.2) is 5.10 Å². The Kier molecular flexibility index (Phi) is 3.24. The van der Waals surface area contributed by atoms with Crippen molar-refractivity contribution < 1.29 is 4.42 Å². The van der Waals surface area contributed by atoms with E-state index in [0.717, 1.165) is 0 Å². The molecule has 0 aliphatic rings. The number of aromatic amines is 1. The lowest BCUT2D eigenvalue weighted by Crippen LogP contribution is -2.35. The molecule has 2 aromatic rings. The third kappa shape index (κ3) is 3.24. The van der Waals surface area contributed by atoms with Crippen molar-refractivity contribution in [2.45, 2.75) is 32.9 Å². The summed E-state index contributed by atoms with van der Waals surface area (Å²) in [5.74, 6) is 0.768. The Bertz CT molecular complexity index is 561. The molecule has 2 N–H and O–H groups in total. The third-order valence-corrected chi connectivity index (χ3v) is 2.14. The van der Waals surface area contributed by atoms with Crippen molar-refractivity contribution in [1.29, 1.82) is 0 Å². The molecule has 18 heavy (non-hydrogen) atoms. The SMILES string of the molecule is CC(C)(C)NCc1nnc(-c2ccc(=O)[nH]n2)o1. The molecule has 0 spiro atoms. The van der Waals surface area contributed by atoms with Crippen LogP contribution < -0.4 is 10.9 Å². The fourth-order valence-electron chi connectivity index (χ4n) is 1.23. The second kappa shape index (κ2) is 4.69. The van der Waals surface area contributed by atoms with E-state index in [1.165, 1.54) is 12.1 Å².